The summed E-state index contributed by atoms with van der Waals surface area (Å²) < 4.78 is 0. The molecule has 1 heterocycles. The molecule has 2 fully saturated rings. The minimum Gasteiger partial charge on any atom is -0.399 e. The number of rotatable bonds is 3. The Kier molecular flexibility index (Phi) is 7.57. The Bertz CT molecular complexity index is 594. The third-order valence-electron chi connectivity index (χ3n) is 5.19. The van der Waals surface area contributed by atoms with Crippen molar-refractivity contribution in [2.75, 3.05) is 31.9 Å². The van der Waals surface area contributed by atoms with Gasteiger partial charge in [-0.3, -0.25) is 4.79 Å². The molecule has 0 spiro atoms. The van der Waals surface area contributed by atoms with E-state index in [-0.39, 0.29) is 24.3 Å². The number of urea groups is 1. The minimum atomic E-state index is 0. The van der Waals surface area contributed by atoms with Crippen molar-refractivity contribution in [1.82, 2.24) is 15.1 Å². The molecule has 1 saturated carbocycles. The van der Waals surface area contributed by atoms with E-state index in [9.17, 15) is 9.59 Å². The molecule has 1 aliphatic carbocycles. The average Bonchev–Trinajstić information content (AvgIpc) is 2.64. The second kappa shape index (κ2) is 9.67. The highest BCUT2D eigenvalue weighted by Gasteiger charge is 2.25. The molecule has 3 N–H and O–H groups in total. The van der Waals surface area contributed by atoms with Crippen molar-refractivity contribution < 1.29 is 9.59 Å². The monoisotopic (exact) mass is 380 g/mol. The molecule has 1 saturated heterocycles. The predicted molar refractivity (Wildman–Crippen MR) is 105 cm³/mol. The van der Waals surface area contributed by atoms with Gasteiger partial charge in [-0.05, 0) is 30.5 Å². The van der Waals surface area contributed by atoms with Crippen LogP contribution in [0, 0.1) is 0 Å². The van der Waals surface area contributed by atoms with Gasteiger partial charge in [0.05, 0.1) is 6.42 Å². The van der Waals surface area contributed by atoms with Crippen molar-refractivity contribution in [2.24, 2.45) is 0 Å². The molecule has 1 aromatic carbocycles. The third kappa shape index (κ3) is 5.53. The van der Waals surface area contributed by atoms with E-state index in [2.05, 4.69) is 5.32 Å². The number of nitrogens with zero attached hydrogens (tertiary/aromatic N) is 2. The van der Waals surface area contributed by atoms with E-state index >= 15 is 0 Å². The van der Waals surface area contributed by atoms with Gasteiger partial charge in [-0.15, -0.1) is 12.4 Å². The number of piperazine rings is 1. The zero-order valence-electron chi connectivity index (χ0n) is 15.2. The second-order valence-electron chi connectivity index (χ2n) is 7.07. The fraction of sp³-hybridized carbons (Fsp3) is 0.579. The van der Waals surface area contributed by atoms with E-state index < -0.39 is 0 Å². The molecule has 6 nitrogen and oxygen atoms in total. The summed E-state index contributed by atoms with van der Waals surface area (Å²) in [6.45, 7) is 2.41. The number of carbonyl (C=O) groups is 2. The Labute approximate surface area is 161 Å². The SMILES string of the molecule is Cl.Nc1ccc(CC(=O)N2CCN(C(=O)NC3CCCCC3)CC2)cc1. The molecule has 0 unspecified atom stereocenters. The summed E-state index contributed by atoms with van der Waals surface area (Å²) in [6, 6.07) is 7.76. The first kappa shape index (κ1) is 20.4. The highest BCUT2D eigenvalue weighted by atomic mass is 35.5. The van der Waals surface area contributed by atoms with Gasteiger partial charge in [0, 0.05) is 37.9 Å². The zero-order chi connectivity index (χ0) is 17.6. The molecular weight excluding hydrogens is 352 g/mol. The lowest BCUT2D eigenvalue weighted by molar-refractivity contribution is -0.131. The number of hydrogen-bond donors (Lipinski definition) is 2. The van der Waals surface area contributed by atoms with Crippen molar-refractivity contribution >= 4 is 30.0 Å². The Morgan fingerprint density at radius 1 is 0.962 bits per heavy atom. The Balaban J connectivity index is 0.00000243. The molecule has 1 aliphatic heterocycles. The summed E-state index contributed by atoms with van der Waals surface area (Å²) in [7, 11) is 0. The van der Waals surface area contributed by atoms with Crippen LogP contribution in [0.2, 0.25) is 0 Å². The molecule has 26 heavy (non-hydrogen) atoms. The fourth-order valence-corrected chi connectivity index (χ4v) is 3.59. The van der Waals surface area contributed by atoms with Gasteiger partial charge in [-0.25, -0.2) is 4.79 Å². The molecule has 3 amide bonds. The van der Waals surface area contributed by atoms with Crippen molar-refractivity contribution in [3.05, 3.63) is 29.8 Å². The maximum absolute atomic E-state index is 12.4. The lowest BCUT2D eigenvalue weighted by Gasteiger charge is -2.36. The van der Waals surface area contributed by atoms with E-state index in [1.165, 1.54) is 19.3 Å². The summed E-state index contributed by atoms with van der Waals surface area (Å²) in [5, 5.41) is 3.15. The summed E-state index contributed by atoms with van der Waals surface area (Å²) >= 11 is 0. The number of nitrogens with one attached hydrogen (secondary N) is 1. The van der Waals surface area contributed by atoms with Crippen LogP contribution in [0.3, 0.4) is 0 Å². The van der Waals surface area contributed by atoms with E-state index in [4.69, 9.17) is 5.73 Å². The van der Waals surface area contributed by atoms with Gasteiger partial charge in [0.1, 0.15) is 0 Å². The maximum atomic E-state index is 12.4. The molecule has 0 bridgehead atoms. The lowest BCUT2D eigenvalue weighted by Crippen LogP contribution is -2.54. The van der Waals surface area contributed by atoms with Gasteiger partial charge in [-0.2, -0.15) is 0 Å². The Morgan fingerprint density at radius 2 is 1.54 bits per heavy atom. The smallest absolute Gasteiger partial charge is 0.317 e. The van der Waals surface area contributed by atoms with Gasteiger partial charge in [-0.1, -0.05) is 31.4 Å². The number of carbonyl (C=O) groups excluding carboxylic acids is 2. The summed E-state index contributed by atoms with van der Waals surface area (Å²) in [5.74, 6) is 0.108. The van der Waals surface area contributed by atoms with Crippen LogP contribution in [0.15, 0.2) is 24.3 Å². The van der Waals surface area contributed by atoms with Crippen molar-refractivity contribution in [3.8, 4) is 0 Å². The number of nitrogen functional groups attached to an aromatic ring is 1. The van der Waals surface area contributed by atoms with Gasteiger partial charge in [0.2, 0.25) is 5.91 Å². The maximum Gasteiger partial charge on any atom is 0.317 e. The van der Waals surface area contributed by atoms with E-state index in [0.717, 1.165) is 18.4 Å². The highest BCUT2D eigenvalue weighted by Crippen LogP contribution is 2.18. The number of nitrogens with two attached hydrogens (primary N) is 1. The number of benzene rings is 1. The molecule has 0 radical (unpaired) electrons. The molecule has 1 aromatic rings. The van der Waals surface area contributed by atoms with E-state index in [1.54, 1.807) is 0 Å². The van der Waals surface area contributed by atoms with Crippen LogP contribution in [0.4, 0.5) is 10.5 Å². The first-order chi connectivity index (χ1) is 12.1. The van der Waals surface area contributed by atoms with Crippen LogP contribution in [0.1, 0.15) is 37.7 Å². The molecule has 3 rings (SSSR count). The topological polar surface area (TPSA) is 78.7 Å². The Morgan fingerprint density at radius 3 is 2.15 bits per heavy atom. The fourth-order valence-electron chi connectivity index (χ4n) is 3.59. The van der Waals surface area contributed by atoms with Gasteiger partial charge < -0.3 is 20.9 Å². The molecule has 2 aliphatic rings. The van der Waals surface area contributed by atoms with Crippen LogP contribution in [-0.4, -0.2) is 54.0 Å². The summed E-state index contributed by atoms with van der Waals surface area (Å²) in [4.78, 5) is 28.5. The van der Waals surface area contributed by atoms with Gasteiger partial charge in [0.15, 0.2) is 0 Å². The van der Waals surface area contributed by atoms with Crippen LogP contribution in [0.5, 0.6) is 0 Å². The van der Waals surface area contributed by atoms with Crippen molar-refractivity contribution in [3.63, 3.8) is 0 Å². The number of anilines is 1. The number of amides is 3. The highest BCUT2D eigenvalue weighted by molar-refractivity contribution is 5.85. The standard InChI is InChI=1S/C19H28N4O2.ClH/c20-16-8-6-15(7-9-16)14-18(24)22-10-12-23(13-11-22)19(25)21-17-4-2-1-3-5-17;/h6-9,17H,1-5,10-14,20H2,(H,21,25);1H. The number of halogens is 1. The third-order valence-corrected chi connectivity index (χ3v) is 5.19. The Hall–Kier alpha value is -1.95. The first-order valence-corrected chi connectivity index (χ1v) is 9.29. The van der Waals surface area contributed by atoms with Crippen LogP contribution >= 0.6 is 12.4 Å². The first-order valence-electron chi connectivity index (χ1n) is 9.29. The summed E-state index contributed by atoms with van der Waals surface area (Å²) in [5.41, 5.74) is 7.34. The molecule has 0 aromatic heterocycles. The largest absolute Gasteiger partial charge is 0.399 e. The van der Waals surface area contributed by atoms with E-state index in [1.807, 2.05) is 34.1 Å². The van der Waals surface area contributed by atoms with Crippen LogP contribution in [-0.2, 0) is 11.2 Å². The zero-order valence-corrected chi connectivity index (χ0v) is 16.0. The summed E-state index contributed by atoms with van der Waals surface area (Å²) in [6.07, 6.45) is 6.25. The van der Waals surface area contributed by atoms with Gasteiger partial charge >= 0.3 is 6.03 Å². The van der Waals surface area contributed by atoms with Crippen LogP contribution < -0.4 is 11.1 Å². The lowest BCUT2D eigenvalue weighted by atomic mass is 9.96. The normalized spacial score (nSPS) is 18.2. The molecule has 144 valence electrons. The van der Waals surface area contributed by atoms with Crippen molar-refractivity contribution in [1.29, 1.82) is 0 Å². The van der Waals surface area contributed by atoms with Crippen molar-refractivity contribution in [2.45, 2.75) is 44.6 Å². The average molecular weight is 381 g/mol. The van der Waals surface area contributed by atoms with E-state index in [0.29, 0.717) is 44.3 Å². The quantitative estimate of drug-likeness (QED) is 0.790. The number of hydrogen-bond acceptors (Lipinski definition) is 3. The molecular formula is C19H29ClN4O2. The van der Waals surface area contributed by atoms with Crippen LogP contribution in [0.25, 0.3) is 0 Å². The van der Waals surface area contributed by atoms with Gasteiger partial charge in [0.25, 0.3) is 0 Å². The molecule has 0 atom stereocenters. The second-order valence-corrected chi connectivity index (χ2v) is 7.07. The molecule has 7 heteroatoms. The minimum absolute atomic E-state index is 0. The predicted octanol–water partition coefficient (Wildman–Crippen LogP) is 2.42.